The van der Waals surface area contributed by atoms with Gasteiger partial charge in [0.25, 0.3) is 0 Å². The predicted molar refractivity (Wildman–Crippen MR) is 103 cm³/mol. The van der Waals surface area contributed by atoms with Crippen molar-refractivity contribution in [3.8, 4) is 0 Å². The van der Waals surface area contributed by atoms with Crippen LogP contribution in [0.15, 0.2) is 66.8 Å². The van der Waals surface area contributed by atoms with E-state index in [1.807, 2.05) is 42.5 Å². The molecule has 0 N–H and O–H groups in total. The molecule has 23 heavy (non-hydrogen) atoms. The highest BCUT2D eigenvalue weighted by molar-refractivity contribution is 5.45. The molecule has 126 valence electrons. The summed E-state index contributed by atoms with van der Waals surface area (Å²) in [5.41, 5.74) is 0. The molecule has 0 aliphatic rings. The van der Waals surface area contributed by atoms with E-state index in [0.717, 1.165) is 0 Å². The monoisotopic (exact) mass is 312 g/mol. The molecular formula is C22H32O. The predicted octanol–water partition coefficient (Wildman–Crippen LogP) is 6.69. The molecule has 0 fully saturated rings. The third kappa shape index (κ3) is 20.1. The zero-order valence-corrected chi connectivity index (χ0v) is 14.6. The second kappa shape index (κ2) is 20.1. The van der Waals surface area contributed by atoms with Gasteiger partial charge in [-0.2, -0.15) is 0 Å². The first-order valence-electron chi connectivity index (χ1n) is 8.92. The average Bonchev–Trinajstić information content (AvgIpc) is 2.57. The first-order valence-corrected chi connectivity index (χ1v) is 8.92. The van der Waals surface area contributed by atoms with Crippen molar-refractivity contribution in [3.63, 3.8) is 0 Å². The fourth-order valence-corrected chi connectivity index (χ4v) is 2.05. The number of allylic oxidation sites excluding steroid dienone is 11. The molecule has 0 aliphatic carbocycles. The highest BCUT2D eigenvalue weighted by Crippen LogP contribution is 2.08. The molecule has 0 amide bonds. The molecule has 0 aromatic heterocycles. The first kappa shape index (κ1) is 21.1. The van der Waals surface area contributed by atoms with Crippen LogP contribution in [0.1, 0.15) is 64.7 Å². The van der Waals surface area contributed by atoms with E-state index in [4.69, 9.17) is 0 Å². The zero-order chi connectivity index (χ0) is 16.8. The minimum absolute atomic E-state index is 0.640. The molecule has 1 nitrogen and oxygen atoms in total. The van der Waals surface area contributed by atoms with E-state index in [-0.39, 0.29) is 0 Å². The topological polar surface area (TPSA) is 17.1 Å². The van der Waals surface area contributed by atoms with Gasteiger partial charge in [0.2, 0.25) is 0 Å². The molecule has 0 aromatic carbocycles. The van der Waals surface area contributed by atoms with Crippen LogP contribution in [0.3, 0.4) is 0 Å². The minimum Gasteiger partial charge on any atom is -0.234 e. The maximum absolute atomic E-state index is 9.93. The Kier molecular flexibility index (Phi) is 18.5. The second-order valence-corrected chi connectivity index (χ2v) is 5.48. The number of hydrogen-bond donors (Lipinski definition) is 0. The van der Waals surface area contributed by atoms with Gasteiger partial charge in [0.05, 0.1) is 0 Å². The number of carbonyl (C=O) groups excluding carboxylic acids is 1. The van der Waals surface area contributed by atoms with E-state index in [1.54, 1.807) is 5.94 Å². The normalized spacial score (nSPS) is 12.4. The van der Waals surface area contributed by atoms with Gasteiger partial charge in [-0.15, -0.1) is 0 Å². The van der Waals surface area contributed by atoms with Gasteiger partial charge in [0.1, 0.15) is 5.94 Å². The third-order valence-corrected chi connectivity index (χ3v) is 3.36. The van der Waals surface area contributed by atoms with E-state index in [0.29, 0.717) is 6.42 Å². The summed E-state index contributed by atoms with van der Waals surface area (Å²) in [6.45, 7) is 2.26. The minimum atomic E-state index is 0.640. The SMILES string of the molecule is CCCCCCCCC/C=C/C=C/C=C/C=C/C=C/CC=C=O. The summed E-state index contributed by atoms with van der Waals surface area (Å²) in [6, 6.07) is 0. The average molecular weight is 312 g/mol. The molecule has 0 atom stereocenters. The van der Waals surface area contributed by atoms with Crippen LogP contribution in [-0.4, -0.2) is 5.94 Å². The Hall–Kier alpha value is -1.85. The Balaban J connectivity index is 3.50. The largest absolute Gasteiger partial charge is 0.234 e. The van der Waals surface area contributed by atoms with E-state index < -0.39 is 0 Å². The highest BCUT2D eigenvalue weighted by Gasteiger charge is 1.88. The number of rotatable bonds is 14. The molecule has 0 aromatic rings. The lowest BCUT2D eigenvalue weighted by atomic mass is 10.1. The van der Waals surface area contributed by atoms with Crippen LogP contribution in [0.2, 0.25) is 0 Å². The molecule has 0 radical (unpaired) electrons. The van der Waals surface area contributed by atoms with Crippen molar-refractivity contribution >= 4 is 5.94 Å². The van der Waals surface area contributed by atoms with Gasteiger partial charge in [-0.3, -0.25) is 0 Å². The molecule has 0 spiro atoms. The maximum atomic E-state index is 9.93. The van der Waals surface area contributed by atoms with Crippen LogP contribution >= 0.6 is 0 Å². The molecule has 0 bridgehead atoms. The van der Waals surface area contributed by atoms with E-state index in [9.17, 15) is 4.79 Å². The Morgan fingerprint density at radius 3 is 1.78 bits per heavy atom. The first-order chi connectivity index (χ1) is 11.4. The molecule has 0 aliphatic heterocycles. The molecule has 1 heteroatoms. The fraction of sp³-hybridized carbons (Fsp3) is 0.455. The summed E-state index contributed by atoms with van der Waals surface area (Å²) >= 11 is 0. The van der Waals surface area contributed by atoms with Gasteiger partial charge in [0, 0.05) is 6.08 Å². The molecule has 0 saturated carbocycles. The van der Waals surface area contributed by atoms with Crippen molar-refractivity contribution in [2.24, 2.45) is 0 Å². The summed E-state index contributed by atoms with van der Waals surface area (Å²) in [4.78, 5) is 9.93. The van der Waals surface area contributed by atoms with Crippen LogP contribution in [0.4, 0.5) is 0 Å². The van der Waals surface area contributed by atoms with E-state index >= 15 is 0 Å². The van der Waals surface area contributed by atoms with Crippen molar-refractivity contribution < 1.29 is 4.79 Å². The number of hydrogen-bond acceptors (Lipinski definition) is 1. The molecule has 0 heterocycles. The highest BCUT2D eigenvalue weighted by atomic mass is 16.1. The summed E-state index contributed by atoms with van der Waals surface area (Å²) in [6.07, 6.45) is 33.1. The van der Waals surface area contributed by atoms with Crippen molar-refractivity contribution in [3.05, 3.63) is 66.8 Å². The van der Waals surface area contributed by atoms with Gasteiger partial charge in [-0.25, -0.2) is 4.79 Å². The molecule has 0 rings (SSSR count). The van der Waals surface area contributed by atoms with E-state index in [1.165, 1.54) is 57.4 Å². The van der Waals surface area contributed by atoms with Crippen molar-refractivity contribution in [1.82, 2.24) is 0 Å². The lowest BCUT2D eigenvalue weighted by Gasteiger charge is -1.98. The van der Waals surface area contributed by atoms with Crippen LogP contribution < -0.4 is 0 Å². The van der Waals surface area contributed by atoms with Crippen LogP contribution in [0.5, 0.6) is 0 Å². The lowest BCUT2D eigenvalue weighted by molar-refractivity contribution is 0.568. The van der Waals surface area contributed by atoms with Crippen molar-refractivity contribution in [2.75, 3.05) is 0 Å². The molecule has 0 unspecified atom stereocenters. The maximum Gasteiger partial charge on any atom is 0.120 e. The van der Waals surface area contributed by atoms with Crippen LogP contribution in [0, 0.1) is 0 Å². The third-order valence-electron chi connectivity index (χ3n) is 3.36. The molecular weight excluding hydrogens is 280 g/mol. The summed E-state index contributed by atoms with van der Waals surface area (Å²) in [5.74, 6) is 1.74. The van der Waals surface area contributed by atoms with Crippen molar-refractivity contribution in [1.29, 1.82) is 0 Å². The van der Waals surface area contributed by atoms with E-state index in [2.05, 4.69) is 25.2 Å². The standard InChI is InChI=1S/C22H32O/c1-2-3-4-5-6-7-8-9-10-11-12-13-14-15-16-17-18-19-20-21-22-23/h10-19,21H,2-9,20H2,1H3/b11-10+,13-12+,15-14+,17-16+,19-18+. The Labute approximate surface area is 142 Å². The van der Waals surface area contributed by atoms with Gasteiger partial charge in [-0.05, 0) is 19.3 Å². The van der Waals surface area contributed by atoms with Crippen LogP contribution in [-0.2, 0) is 4.79 Å². The Morgan fingerprint density at radius 2 is 1.17 bits per heavy atom. The second-order valence-electron chi connectivity index (χ2n) is 5.48. The Morgan fingerprint density at radius 1 is 0.652 bits per heavy atom. The quantitative estimate of drug-likeness (QED) is 0.198. The van der Waals surface area contributed by atoms with Gasteiger partial charge in [-0.1, -0.05) is 106 Å². The van der Waals surface area contributed by atoms with Gasteiger partial charge >= 0.3 is 0 Å². The fourth-order valence-electron chi connectivity index (χ4n) is 2.05. The zero-order valence-electron chi connectivity index (χ0n) is 14.6. The summed E-state index contributed by atoms with van der Waals surface area (Å²) in [5, 5.41) is 0. The van der Waals surface area contributed by atoms with Crippen molar-refractivity contribution in [2.45, 2.75) is 64.7 Å². The smallest absolute Gasteiger partial charge is 0.120 e. The van der Waals surface area contributed by atoms with Gasteiger partial charge < -0.3 is 0 Å². The molecule has 0 saturated heterocycles. The summed E-state index contributed by atoms with van der Waals surface area (Å²) in [7, 11) is 0. The number of unbranched alkanes of at least 4 members (excludes halogenated alkanes) is 7. The summed E-state index contributed by atoms with van der Waals surface area (Å²) < 4.78 is 0. The Bertz CT molecular complexity index is 429. The van der Waals surface area contributed by atoms with Gasteiger partial charge in [0.15, 0.2) is 0 Å². The van der Waals surface area contributed by atoms with Crippen LogP contribution in [0.25, 0.3) is 0 Å². The lowest BCUT2D eigenvalue weighted by Crippen LogP contribution is -1.78.